The van der Waals surface area contributed by atoms with Crippen molar-refractivity contribution in [2.75, 3.05) is 12.4 Å². The van der Waals surface area contributed by atoms with Gasteiger partial charge in [-0.3, -0.25) is 10.1 Å². The summed E-state index contributed by atoms with van der Waals surface area (Å²) in [6.07, 6.45) is 5.30. The minimum atomic E-state index is -0.0287. The first-order valence-corrected chi connectivity index (χ1v) is 6.46. The Morgan fingerprint density at radius 1 is 1.39 bits per heavy atom. The van der Waals surface area contributed by atoms with E-state index >= 15 is 0 Å². The Kier molecular flexibility index (Phi) is 4.36. The van der Waals surface area contributed by atoms with Gasteiger partial charge in [0.05, 0.1) is 7.11 Å². The topological polar surface area (TPSA) is 64.1 Å². The Bertz CT molecular complexity index is 433. The standard InChI is InChI=1S/C12H16ClN3O2/c1-18-10-7-9(13)14-12(15-10)16-11(17)8-5-3-2-4-6-8/h7-8H,2-6H2,1H3,(H,14,15,16,17). The summed E-state index contributed by atoms with van der Waals surface area (Å²) in [5.41, 5.74) is 0. The highest BCUT2D eigenvalue weighted by molar-refractivity contribution is 6.29. The molecule has 1 aromatic rings. The van der Waals surface area contributed by atoms with Crippen molar-refractivity contribution in [2.45, 2.75) is 32.1 Å². The van der Waals surface area contributed by atoms with Gasteiger partial charge in [0.1, 0.15) is 5.15 Å². The molecule has 1 aliphatic rings. The quantitative estimate of drug-likeness (QED) is 0.857. The number of hydrogen-bond donors (Lipinski definition) is 1. The van der Waals surface area contributed by atoms with Gasteiger partial charge in [0.2, 0.25) is 17.7 Å². The van der Waals surface area contributed by atoms with E-state index in [9.17, 15) is 4.79 Å². The fourth-order valence-electron chi connectivity index (χ4n) is 2.13. The molecule has 0 bridgehead atoms. The molecule has 1 heterocycles. The lowest BCUT2D eigenvalue weighted by Gasteiger charge is -2.20. The van der Waals surface area contributed by atoms with Gasteiger partial charge >= 0.3 is 0 Å². The number of amides is 1. The van der Waals surface area contributed by atoms with Crippen LogP contribution in [0.25, 0.3) is 0 Å². The fourth-order valence-corrected chi connectivity index (χ4v) is 2.31. The van der Waals surface area contributed by atoms with Gasteiger partial charge in [0.25, 0.3) is 0 Å². The van der Waals surface area contributed by atoms with Gasteiger partial charge in [-0.05, 0) is 12.8 Å². The van der Waals surface area contributed by atoms with Crippen molar-refractivity contribution in [1.82, 2.24) is 9.97 Å². The van der Waals surface area contributed by atoms with Gasteiger partial charge < -0.3 is 4.74 Å². The summed E-state index contributed by atoms with van der Waals surface area (Å²) in [7, 11) is 1.49. The summed E-state index contributed by atoms with van der Waals surface area (Å²) in [4.78, 5) is 20.0. The minimum absolute atomic E-state index is 0.0287. The van der Waals surface area contributed by atoms with Gasteiger partial charge in [-0.15, -0.1) is 0 Å². The molecule has 1 aliphatic carbocycles. The number of hydrogen-bond acceptors (Lipinski definition) is 4. The van der Waals surface area contributed by atoms with Crippen molar-refractivity contribution < 1.29 is 9.53 Å². The monoisotopic (exact) mass is 269 g/mol. The van der Waals surface area contributed by atoms with Crippen LogP contribution in [0.2, 0.25) is 5.15 Å². The van der Waals surface area contributed by atoms with Crippen LogP contribution in [0.1, 0.15) is 32.1 Å². The number of nitrogens with one attached hydrogen (secondary N) is 1. The van der Waals surface area contributed by atoms with Crippen LogP contribution in [0.3, 0.4) is 0 Å². The van der Waals surface area contributed by atoms with Crippen LogP contribution in [0.5, 0.6) is 5.88 Å². The molecule has 1 fully saturated rings. The third-order valence-corrected chi connectivity index (χ3v) is 3.29. The van der Waals surface area contributed by atoms with E-state index in [1.54, 1.807) is 0 Å². The summed E-state index contributed by atoms with van der Waals surface area (Å²) in [6.45, 7) is 0. The van der Waals surface area contributed by atoms with Crippen molar-refractivity contribution in [3.8, 4) is 5.88 Å². The Morgan fingerprint density at radius 2 is 2.11 bits per heavy atom. The molecule has 1 N–H and O–H groups in total. The van der Waals surface area contributed by atoms with Crippen LogP contribution in [0.4, 0.5) is 5.95 Å². The number of rotatable bonds is 3. The zero-order valence-electron chi connectivity index (χ0n) is 10.3. The molecule has 0 unspecified atom stereocenters. The van der Waals surface area contributed by atoms with Crippen LogP contribution in [0.15, 0.2) is 6.07 Å². The third kappa shape index (κ3) is 3.32. The largest absolute Gasteiger partial charge is 0.481 e. The first-order valence-electron chi connectivity index (χ1n) is 6.08. The summed E-state index contributed by atoms with van der Waals surface area (Å²) in [5.74, 6) is 0.579. The van der Waals surface area contributed by atoms with Gasteiger partial charge in [-0.1, -0.05) is 30.9 Å². The maximum Gasteiger partial charge on any atom is 0.234 e. The molecule has 0 saturated heterocycles. The lowest BCUT2D eigenvalue weighted by molar-refractivity contribution is -0.120. The van der Waals surface area contributed by atoms with E-state index in [0.717, 1.165) is 25.7 Å². The van der Waals surface area contributed by atoms with E-state index < -0.39 is 0 Å². The van der Waals surface area contributed by atoms with Crippen LogP contribution >= 0.6 is 11.6 Å². The average Bonchev–Trinajstić information content (AvgIpc) is 2.39. The molecule has 0 radical (unpaired) electrons. The van der Waals surface area contributed by atoms with Crippen LogP contribution < -0.4 is 10.1 Å². The van der Waals surface area contributed by atoms with E-state index in [-0.39, 0.29) is 22.9 Å². The highest BCUT2D eigenvalue weighted by Gasteiger charge is 2.22. The highest BCUT2D eigenvalue weighted by Crippen LogP contribution is 2.25. The molecule has 2 rings (SSSR count). The second kappa shape index (κ2) is 6.00. The molecule has 1 aromatic heterocycles. The molecule has 0 aromatic carbocycles. The zero-order valence-corrected chi connectivity index (χ0v) is 11.0. The van der Waals surface area contributed by atoms with E-state index in [1.807, 2.05) is 0 Å². The smallest absolute Gasteiger partial charge is 0.234 e. The van der Waals surface area contributed by atoms with E-state index in [0.29, 0.717) is 5.88 Å². The second-order valence-electron chi connectivity index (χ2n) is 4.38. The normalized spacial score (nSPS) is 16.3. The number of nitrogens with zero attached hydrogens (tertiary/aromatic N) is 2. The zero-order chi connectivity index (χ0) is 13.0. The van der Waals surface area contributed by atoms with Crippen molar-refractivity contribution >= 4 is 23.5 Å². The molecule has 1 saturated carbocycles. The molecular formula is C12H16ClN3O2. The molecule has 18 heavy (non-hydrogen) atoms. The first-order chi connectivity index (χ1) is 8.69. The van der Waals surface area contributed by atoms with E-state index in [4.69, 9.17) is 16.3 Å². The summed E-state index contributed by atoms with van der Waals surface area (Å²) >= 11 is 5.82. The van der Waals surface area contributed by atoms with Gasteiger partial charge in [-0.25, -0.2) is 4.98 Å². The van der Waals surface area contributed by atoms with Gasteiger partial charge in [-0.2, -0.15) is 4.98 Å². The number of methoxy groups -OCH3 is 1. The number of carbonyl (C=O) groups is 1. The number of carbonyl (C=O) groups excluding carboxylic acids is 1. The van der Waals surface area contributed by atoms with E-state index in [2.05, 4.69) is 15.3 Å². The molecule has 0 spiro atoms. The Labute approximate surface area is 111 Å². The van der Waals surface area contributed by atoms with Crippen molar-refractivity contribution in [1.29, 1.82) is 0 Å². The summed E-state index contributed by atoms with van der Waals surface area (Å²) in [6, 6.07) is 1.50. The highest BCUT2D eigenvalue weighted by atomic mass is 35.5. The minimum Gasteiger partial charge on any atom is -0.481 e. The predicted octanol–water partition coefficient (Wildman–Crippen LogP) is 2.66. The van der Waals surface area contributed by atoms with E-state index in [1.165, 1.54) is 19.6 Å². The number of ether oxygens (including phenoxy) is 1. The van der Waals surface area contributed by atoms with Gasteiger partial charge in [0, 0.05) is 12.0 Å². The van der Waals surface area contributed by atoms with Crippen LogP contribution in [0, 0.1) is 5.92 Å². The van der Waals surface area contributed by atoms with Crippen molar-refractivity contribution in [3.63, 3.8) is 0 Å². The van der Waals surface area contributed by atoms with Gasteiger partial charge in [0.15, 0.2) is 0 Å². The molecule has 6 heteroatoms. The number of aromatic nitrogens is 2. The molecule has 0 aliphatic heterocycles. The van der Waals surface area contributed by atoms with Crippen LogP contribution in [-0.4, -0.2) is 23.0 Å². The SMILES string of the molecule is COc1cc(Cl)nc(NC(=O)C2CCCCC2)n1. The predicted molar refractivity (Wildman–Crippen MR) is 68.8 cm³/mol. The first kappa shape index (κ1) is 13.1. The third-order valence-electron chi connectivity index (χ3n) is 3.09. The molecule has 0 atom stereocenters. The fraction of sp³-hybridized carbons (Fsp3) is 0.583. The lowest BCUT2D eigenvalue weighted by Crippen LogP contribution is -2.25. The van der Waals surface area contributed by atoms with Crippen LogP contribution in [-0.2, 0) is 4.79 Å². The van der Waals surface area contributed by atoms with Crippen molar-refractivity contribution in [2.24, 2.45) is 5.92 Å². The molecular weight excluding hydrogens is 254 g/mol. The lowest BCUT2D eigenvalue weighted by atomic mass is 9.89. The second-order valence-corrected chi connectivity index (χ2v) is 4.77. The molecule has 1 amide bonds. The molecule has 5 nitrogen and oxygen atoms in total. The maximum absolute atomic E-state index is 12.0. The maximum atomic E-state index is 12.0. The van der Waals surface area contributed by atoms with Crippen molar-refractivity contribution in [3.05, 3.63) is 11.2 Å². The Hall–Kier alpha value is -1.36. The average molecular weight is 270 g/mol. The number of halogens is 1. The Balaban J connectivity index is 2.03. The molecule has 98 valence electrons. The number of anilines is 1. The summed E-state index contributed by atoms with van der Waals surface area (Å²) < 4.78 is 4.98. The summed E-state index contributed by atoms with van der Waals surface area (Å²) in [5, 5.41) is 2.95. The Morgan fingerprint density at radius 3 is 2.78 bits per heavy atom.